The van der Waals surface area contributed by atoms with Crippen LogP contribution in [0.15, 0.2) is 0 Å². The maximum atomic E-state index is 11.7. The number of nitrogens with two attached hydrogens (primary N) is 1. The van der Waals surface area contributed by atoms with Crippen LogP contribution < -0.4 is 16.4 Å². The number of rotatable bonds is 5. The normalized spacial score (nSPS) is 23.9. The second-order valence-electron chi connectivity index (χ2n) is 4.90. The molecular weight excluding hydrogens is 248 g/mol. The van der Waals surface area contributed by atoms with Gasteiger partial charge in [0.15, 0.2) is 0 Å². The summed E-state index contributed by atoms with van der Waals surface area (Å²) in [6.45, 7) is 3.87. The molecule has 3 amide bonds. The molecule has 7 heteroatoms. The van der Waals surface area contributed by atoms with Crippen LogP contribution >= 0.6 is 0 Å². The third-order valence-electron chi connectivity index (χ3n) is 3.25. The molecule has 1 aliphatic rings. The zero-order valence-corrected chi connectivity index (χ0v) is 11.6. The third kappa shape index (κ3) is 6.00. The maximum Gasteiger partial charge on any atom is 0.321 e. The molecule has 1 rings (SSSR count). The van der Waals surface area contributed by atoms with E-state index in [1.807, 2.05) is 11.8 Å². The van der Waals surface area contributed by atoms with Crippen LogP contribution in [0.2, 0.25) is 0 Å². The highest BCUT2D eigenvalue weighted by Crippen LogP contribution is 2.14. The summed E-state index contributed by atoms with van der Waals surface area (Å²) in [4.78, 5) is 25.1. The Balaban J connectivity index is 2.25. The first kappa shape index (κ1) is 15.9. The standard InChI is InChI=1S/C12H24N4O3/c1-9-7-10(13)3-5-16(9)8-11(17)15-12(18)14-4-6-19-2/h9-10H,3-8,13H2,1-2H3,(H2,14,15,17,18). The van der Waals surface area contributed by atoms with E-state index in [0.717, 1.165) is 19.4 Å². The lowest BCUT2D eigenvalue weighted by Gasteiger charge is -2.35. The van der Waals surface area contributed by atoms with Crippen LogP contribution in [-0.2, 0) is 9.53 Å². The van der Waals surface area contributed by atoms with Gasteiger partial charge in [0.25, 0.3) is 0 Å². The van der Waals surface area contributed by atoms with Crippen LogP contribution in [0.5, 0.6) is 0 Å². The molecule has 7 nitrogen and oxygen atoms in total. The van der Waals surface area contributed by atoms with Crippen molar-refractivity contribution in [2.75, 3.05) is 33.4 Å². The molecule has 0 aromatic rings. The van der Waals surface area contributed by atoms with Crippen LogP contribution in [0.4, 0.5) is 4.79 Å². The number of hydrogen-bond donors (Lipinski definition) is 3. The quantitative estimate of drug-likeness (QED) is 0.573. The number of carbonyl (C=O) groups is 2. The van der Waals surface area contributed by atoms with Crippen molar-refractivity contribution in [2.45, 2.75) is 31.8 Å². The maximum absolute atomic E-state index is 11.7. The molecule has 1 aliphatic heterocycles. The van der Waals surface area contributed by atoms with E-state index in [-0.39, 0.29) is 24.5 Å². The number of nitrogens with zero attached hydrogens (tertiary/aromatic N) is 1. The lowest BCUT2D eigenvalue weighted by molar-refractivity contribution is -0.122. The van der Waals surface area contributed by atoms with E-state index in [1.54, 1.807) is 7.11 Å². The zero-order valence-electron chi connectivity index (χ0n) is 11.6. The van der Waals surface area contributed by atoms with E-state index in [1.165, 1.54) is 0 Å². The smallest absolute Gasteiger partial charge is 0.321 e. The average molecular weight is 272 g/mol. The van der Waals surface area contributed by atoms with E-state index in [9.17, 15) is 9.59 Å². The van der Waals surface area contributed by atoms with Crippen molar-refractivity contribution in [2.24, 2.45) is 5.73 Å². The van der Waals surface area contributed by atoms with Gasteiger partial charge in [-0.15, -0.1) is 0 Å². The predicted molar refractivity (Wildman–Crippen MR) is 71.7 cm³/mol. The molecule has 0 aromatic carbocycles. The van der Waals surface area contributed by atoms with Gasteiger partial charge in [0.2, 0.25) is 5.91 Å². The number of methoxy groups -OCH3 is 1. The molecule has 0 aromatic heterocycles. The number of hydrogen-bond acceptors (Lipinski definition) is 5. The van der Waals surface area contributed by atoms with Crippen molar-refractivity contribution < 1.29 is 14.3 Å². The fraction of sp³-hybridized carbons (Fsp3) is 0.833. The Kier molecular flexibility index (Phi) is 6.75. The summed E-state index contributed by atoms with van der Waals surface area (Å²) >= 11 is 0. The number of amides is 3. The van der Waals surface area contributed by atoms with Crippen molar-refractivity contribution in [1.82, 2.24) is 15.5 Å². The van der Waals surface area contributed by atoms with Gasteiger partial charge in [0.05, 0.1) is 13.2 Å². The first-order valence-corrected chi connectivity index (χ1v) is 6.59. The molecule has 0 bridgehead atoms. The summed E-state index contributed by atoms with van der Waals surface area (Å²) in [7, 11) is 1.55. The van der Waals surface area contributed by atoms with Crippen LogP contribution in [0, 0.1) is 0 Å². The molecule has 2 atom stereocenters. The molecule has 0 aliphatic carbocycles. The first-order chi connectivity index (χ1) is 9.02. The van der Waals surface area contributed by atoms with Gasteiger partial charge in [-0.25, -0.2) is 4.79 Å². The summed E-state index contributed by atoms with van der Waals surface area (Å²) in [5.41, 5.74) is 5.86. The largest absolute Gasteiger partial charge is 0.383 e. The van der Waals surface area contributed by atoms with Gasteiger partial charge in [0.1, 0.15) is 0 Å². The summed E-state index contributed by atoms with van der Waals surface area (Å²) < 4.78 is 4.80. The van der Waals surface area contributed by atoms with Crippen molar-refractivity contribution in [3.8, 4) is 0 Å². The summed E-state index contributed by atoms with van der Waals surface area (Å²) in [5, 5.41) is 4.84. The number of nitrogens with one attached hydrogen (secondary N) is 2. The third-order valence-corrected chi connectivity index (χ3v) is 3.25. The molecule has 0 saturated carbocycles. The fourth-order valence-electron chi connectivity index (χ4n) is 2.15. The van der Waals surface area contributed by atoms with Gasteiger partial charge >= 0.3 is 6.03 Å². The highest BCUT2D eigenvalue weighted by Gasteiger charge is 2.25. The molecule has 19 heavy (non-hydrogen) atoms. The molecule has 4 N–H and O–H groups in total. The lowest BCUT2D eigenvalue weighted by Crippen LogP contribution is -2.51. The highest BCUT2D eigenvalue weighted by molar-refractivity contribution is 5.95. The lowest BCUT2D eigenvalue weighted by atomic mass is 9.99. The van der Waals surface area contributed by atoms with Crippen molar-refractivity contribution in [3.05, 3.63) is 0 Å². The predicted octanol–water partition coefficient (Wildman–Crippen LogP) is -0.730. The van der Waals surface area contributed by atoms with Crippen LogP contribution in [0.3, 0.4) is 0 Å². The van der Waals surface area contributed by atoms with Crippen molar-refractivity contribution >= 4 is 11.9 Å². The van der Waals surface area contributed by atoms with Gasteiger partial charge in [-0.1, -0.05) is 0 Å². The van der Waals surface area contributed by atoms with Crippen LogP contribution in [0.25, 0.3) is 0 Å². The molecule has 0 radical (unpaired) electrons. The van der Waals surface area contributed by atoms with Crippen LogP contribution in [0.1, 0.15) is 19.8 Å². The molecular formula is C12H24N4O3. The minimum atomic E-state index is -0.483. The molecule has 0 spiro atoms. The average Bonchev–Trinajstić information content (AvgIpc) is 2.33. The second-order valence-corrected chi connectivity index (χ2v) is 4.90. The summed E-state index contributed by atoms with van der Waals surface area (Å²) in [6, 6.07) is 0.00104. The Morgan fingerprint density at radius 2 is 2.21 bits per heavy atom. The summed E-state index contributed by atoms with van der Waals surface area (Å²) in [6.07, 6.45) is 1.77. The minimum absolute atomic E-state index is 0.214. The molecule has 2 unspecified atom stereocenters. The number of urea groups is 1. The van der Waals surface area contributed by atoms with Gasteiger partial charge in [-0.2, -0.15) is 0 Å². The molecule has 1 heterocycles. The van der Waals surface area contributed by atoms with E-state index in [4.69, 9.17) is 10.5 Å². The van der Waals surface area contributed by atoms with Gasteiger partial charge in [-0.05, 0) is 19.8 Å². The molecule has 1 fully saturated rings. The van der Waals surface area contributed by atoms with E-state index < -0.39 is 6.03 Å². The second kappa shape index (κ2) is 8.08. The Hall–Kier alpha value is -1.18. The minimum Gasteiger partial charge on any atom is -0.383 e. The highest BCUT2D eigenvalue weighted by atomic mass is 16.5. The Labute approximate surface area is 113 Å². The fourth-order valence-corrected chi connectivity index (χ4v) is 2.15. The van der Waals surface area contributed by atoms with E-state index >= 15 is 0 Å². The Bertz CT molecular complexity index is 311. The number of carbonyl (C=O) groups excluding carboxylic acids is 2. The number of piperidine rings is 1. The van der Waals surface area contributed by atoms with Crippen LogP contribution in [-0.4, -0.2) is 62.3 Å². The monoisotopic (exact) mass is 272 g/mol. The van der Waals surface area contributed by atoms with Crippen molar-refractivity contribution in [1.29, 1.82) is 0 Å². The van der Waals surface area contributed by atoms with Crippen molar-refractivity contribution in [3.63, 3.8) is 0 Å². The zero-order chi connectivity index (χ0) is 14.3. The SMILES string of the molecule is COCCNC(=O)NC(=O)CN1CCC(N)CC1C. The van der Waals surface area contributed by atoms with Gasteiger partial charge in [0, 0.05) is 32.3 Å². The van der Waals surface area contributed by atoms with Gasteiger partial charge in [-0.3, -0.25) is 15.0 Å². The Morgan fingerprint density at radius 3 is 2.84 bits per heavy atom. The Morgan fingerprint density at radius 1 is 1.47 bits per heavy atom. The summed E-state index contributed by atoms with van der Waals surface area (Å²) in [5.74, 6) is -0.294. The van der Waals surface area contributed by atoms with Gasteiger partial charge < -0.3 is 15.8 Å². The molecule has 1 saturated heterocycles. The topological polar surface area (TPSA) is 96.7 Å². The first-order valence-electron chi connectivity index (χ1n) is 6.59. The van der Waals surface area contributed by atoms with E-state index in [2.05, 4.69) is 10.6 Å². The number of imide groups is 1. The molecule has 110 valence electrons. The number of ether oxygens (including phenoxy) is 1. The van der Waals surface area contributed by atoms with E-state index in [0.29, 0.717) is 13.2 Å². The number of likely N-dealkylation sites (tertiary alicyclic amines) is 1.